The number of aromatic nitrogens is 2. The lowest BCUT2D eigenvalue weighted by Gasteiger charge is -2.27. The van der Waals surface area contributed by atoms with Crippen molar-refractivity contribution in [2.45, 2.75) is 19.8 Å². The van der Waals surface area contributed by atoms with E-state index in [1.54, 1.807) is 0 Å². The smallest absolute Gasteiger partial charge is 0.286 e. The van der Waals surface area contributed by atoms with Crippen LogP contribution >= 0.6 is 11.8 Å². The van der Waals surface area contributed by atoms with Crippen molar-refractivity contribution in [3.05, 3.63) is 71.3 Å². The number of amidine groups is 1. The van der Waals surface area contributed by atoms with Gasteiger partial charge in [-0.1, -0.05) is 31.5 Å². The summed E-state index contributed by atoms with van der Waals surface area (Å²) >= 11 is 1.42. The molecule has 1 fully saturated rings. The molecular formula is C27H28N4O3S. The van der Waals surface area contributed by atoms with E-state index in [1.165, 1.54) is 11.8 Å². The normalized spacial score (nSPS) is 17.2. The maximum absolute atomic E-state index is 12.7. The van der Waals surface area contributed by atoms with Crippen molar-refractivity contribution in [2.24, 2.45) is 4.99 Å². The monoisotopic (exact) mass is 488 g/mol. The van der Waals surface area contributed by atoms with E-state index >= 15 is 0 Å². The zero-order chi connectivity index (χ0) is 24.0. The Morgan fingerprint density at radius 3 is 2.60 bits per heavy atom. The van der Waals surface area contributed by atoms with E-state index in [-0.39, 0.29) is 5.91 Å². The van der Waals surface area contributed by atoms with Crippen LogP contribution in [0, 0.1) is 0 Å². The van der Waals surface area contributed by atoms with Crippen LogP contribution in [0.25, 0.3) is 23.0 Å². The molecule has 7 nitrogen and oxygen atoms in total. The molecule has 5 rings (SSSR count). The summed E-state index contributed by atoms with van der Waals surface area (Å²) in [6.07, 6.45) is 5.99. The second-order valence-electron chi connectivity index (χ2n) is 8.35. The first-order valence-electron chi connectivity index (χ1n) is 11.9. The molecule has 0 unspecified atom stereocenters. The van der Waals surface area contributed by atoms with E-state index in [0.717, 1.165) is 59.4 Å². The molecule has 0 N–H and O–H groups in total. The number of rotatable bonds is 7. The number of unbranched alkanes of at least 4 members (excludes halogenated alkanes) is 1. The maximum Gasteiger partial charge on any atom is 0.286 e. The second-order valence-corrected chi connectivity index (χ2v) is 9.36. The van der Waals surface area contributed by atoms with Gasteiger partial charge in [0, 0.05) is 30.4 Å². The number of carbonyl (C=O) groups excluding carboxylic acids is 1. The van der Waals surface area contributed by atoms with Gasteiger partial charge < -0.3 is 14.4 Å². The fourth-order valence-electron chi connectivity index (χ4n) is 3.90. The number of para-hydroxylation sites is 1. The van der Waals surface area contributed by atoms with Crippen molar-refractivity contribution in [3.63, 3.8) is 0 Å². The number of benzene rings is 2. The zero-order valence-electron chi connectivity index (χ0n) is 19.7. The van der Waals surface area contributed by atoms with Crippen molar-refractivity contribution in [1.29, 1.82) is 0 Å². The van der Waals surface area contributed by atoms with Crippen LogP contribution in [0.5, 0.6) is 5.75 Å². The minimum Gasteiger partial charge on any atom is -0.494 e. The third kappa shape index (κ3) is 5.49. The summed E-state index contributed by atoms with van der Waals surface area (Å²) in [7, 11) is 0. The van der Waals surface area contributed by atoms with Crippen molar-refractivity contribution >= 4 is 28.9 Å². The summed E-state index contributed by atoms with van der Waals surface area (Å²) in [5, 5.41) is 5.62. The molecule has 0 aliphatic carbocycles. The molecule has 2 aromatic carbocycles. The minimum atomic E-state index is -0.213. The highest BCUT2D eigenvalue weighted by Crippen LogP contribution is 2.34. The van der Waals surface area contributed by atoms with Gasteiger partial charge in [0.25, 0.3) is 5.91 Å². The summed E-state index contributed by atoms with van der Waals surface area (Å²) < 4.78 is 13.1. The summed E-state index contributed by atoms with van der Waals surface area (Å²) in [6.45, 7) is 5.65. The summed E-state index contributed by atoms with van der Waals surface area (Å²) in [4.78, 5) is 19.8. The van der Waals surface area contributed by atoms with Crippen LogP contribution in [0.4, 0.5) is 0 Å². The molecule has 8 heteroatoms. The van der Waals surface area contributed by atoms with E-state index in [4.69, 9.17) is 14.6 Å². The first kappa shape index (κ1) is 23.4. The number of hydrogen-bond donors (Lipinski definition) is 0. The molecule has 0 bridgehead atoms. The Morgan fingerprint density at radius 1 is 1.09 bits per heavy atom. The van der Waals surface area contributed by atoms with Gasteiger partial charge in [-0.3, -0.25) is 4.79 Å². The molecule has 0 spiro atoms. The first-order chi connectivity index (χ1) is 17.2. The lowest BCUT2D eigenvalue weighted by Crippen LogP contribution is -2.38. The van der Waals surface area contributed by atoms with Crippen molar-refractivity contribution in [3.8, 4) is 22.7 Å². The van der Waals surface area contributed by atoms with Crippen molar-refractivity contribution in [2.75, 3.05) is 32.9 Å². The zero-order valence-corrected chi connectivity index (χ0v) is 20.5. The molecule has 1 aromatic heterocycles. The molecule has 2 aliphatic heterocycles. The highest BCUT2D eigenvalue weighted by molar-refractivity contribution is 8.18. The number of amides is 1. The number of morpholine rings is 1. The third-order valence-electron chi connectivity index (χ3n) is 5.84. The Balaban J connectivity index is 1.45. The molecule has 3 aromatic rings. The third-order valence-corrected chi connectivity index (χ3v) is 6.88. The maximum atomic E-state index is 12.7. The Hall–Kier alpha value is -3.36. The number of carbonyl (C=O) groups is 1. The predicted octanol–water partition coefficient (Wildman–Crippen LogP) is 5.02. The Labute approximate surface area is 209 Å². The number of thioether (sulfide) groups is 1. The van der Waals surface area contributed by atoms with Gasteiger partial charge in [-0.05, 0) is 60.7 Å². The van der Waals surface area contributed by atoms with E-state index in [0.29, 0.717) is 24.7 Å². The standard InChI is InChI=1S/C27H28N4O3S/c1-2-3-15-34-23-11-9-20(10-12-23)25-21(19-31(29-25)22-7-5-4-6-8-22)18-24-26(32)28-27(35-24)30-13-16-33-17-14-30/h4-12,18-19H,2-3,13-17H2,1H3. The molecule has 1 saturated heterocycles. The number of ether oxygens (including phenoxy) is 2. The molecule has 0 radical (unpaired) electrons. The average Bonchev–Trinajstić information content (AvgIpc) is 3.49. The summed E-state index contributed by atoms with van der Waals surface area (Å²) in [5.74, 6) is 0.629. The van der Waals surface area contributed by atoms with Gasteiger partial charge in [-0.15, -0.1) is 0 Å². The summed E-state index contributed by atoms with van der Waals surface area (Å²) in [6, 6.07) is 17.9. The van der Waals surface area contributed by atoms with Crippen LogP contribution in [0.15, 0.2) is 70.7 Å². The molecule has 0 atom stereocenters. The summed E-state index contributed by atoms with van der Waals surface area (Å²) in [5.41, 5.74) is 3.57. The fourth-order valence-corrected chi connectivity index (χ4v) is 4.86. The van der Waals surface area contributed by atoms with Gasteiger partial charge in [0.2, 0.25) is 0 Å². The van der Waals surface area contributed by atoms with Crippen LogP contribution < -0.4 is 4.74 Å². The van der Waals surface area contributed by atoms with Crippen LogP contribution in [0.3, 0.4) is 0 Å². The Morgan fingerprint density at radius 2 is 1.86 bits per heavy atom. The molecule has 2 aliphatic rings. The quantitative estimate of drug-likeness (QED) is 0.344. The van der Waals surface area contributed by atoms with Gasteiger partial charge in [-0.2, -0.15) is 10.1 Å². The molecule has 180 valence electrons. The number of hydrogen-bond acceptors (Lipinski definition) is 6. The molecule has 3 heterocycles. The number of aliphatic imine (C=N–C) groups is 1. The van der Waals surface area contributed by atoms with E-state index < -0.39 is 0 Å². The lowest BCUT2D eigenvalue weighted by molar-refractivity contribution is -0.113. The lowest BCUT2D eigenvalue weighted by atomic mass is 10.1. The van der Waals surface area contributed by atoms with Gasteiger partial charge in [0.15, 0.2) is 5.17 Å². The van der Waals surface area contributed by atoms with Crippen LogP contribution in [0.2, 0.25) is 0 Å². The van der Waals surface area contributed by atoms with Crippen LogP contribution in [0.1, 0.15) is 25.3 Å². The van der Waals surface area contributed by atoms with Gasteiger partial charge >= 0.3 is 0 Å². The Kier molecular flexibility index (Phi) is 7.30. The van der Waals surface area contributed by atoms with Gasteiger partial charge in [0.05, 0.1) is 36.1 Å². The molecule has 0 saturated carbocycles. The topological polar surface area (TPSA) is 68.9 Å². The average molecular weight is 489 g/mol. The van der Waals surface area contributed by atoms with Gasteiger partial charge in [0.1, 0.15) is 5.75 Å². The highest BCUT2D eigenvalue weighted by atomic mass is 32.2. The van der Waals surface area contributed by atoms with Gasteiger partial charge in [-0.25, -0.2) is 4.68 Å². The second kappa shape index (κ2) is 10.9. The SMILES string of the molecule is CCCCOc1ccc(-c2nn(-c3ccccc3)cc2C=C2SC(N3CCOCC3)=NC2=O)cc1. The van der Waals surface area contributed by atoms with E-state index in [1.807, 2.05) is 71.6 Å². The predicted molar refractivity (Wildman–Crippen MR) is 140 cm³/mol. The first-order valence-corrected chi connectivity index (χ1v) is 12.8. The Bertz CT molecular complexity index is 1230. The highest BCUT2D eigenvalue weighted by Gasteiger charge is 2.28. The largest absolute Gasteiger partial charge is 0.494 e. The van der Waals surface area contributed by atoms with E-state index in [9.17, 15) is 4.79 Å². The van der Waals surface area contributed by atoms with Crippen LogP contribution in [-0.4, -0.2) is 58.7 Å². The minimum absolute atomic E-state index is 0.213. The van der Waals surface area contributed by atoms with Crippen LogP contribution in [-0.2, 0) is 9.53 Å². The molecular weight excluding hydrogens is 460 g/mol. The molecule has 35 heavy (non-hydrogen) atoms. The molecule has 1 amide bonds. The fraction of sp³-hybridized carbons (Fsp3) is 0.296. The number of nitrogens with zero attached hydrogens (tertiary/aromatic N) is 4. The van der Waals surface area contributed by atoms with Crippen molar-refractivity contribution in [1.82, 2.24) is 14.7 Å². The van der Waals surface area contributed by atoms with E-state index in [2.05, 4.69) is 16.8 Å². The van der Waals surface area contributed by atoms with Crippen molar-refractivity contribution < 1.29 is 14.3 Å².